The summed E-state index contributed by atoms with van der Waals surface area (Å²) < 4.78 is 5.13. The van der Waals surface area contributed by atoms with E-state index < -0.39 is 6.10 Å². The highest BCUT2D eigenvalue weighted by atomic mass is 16.5. The third kappa shape index (κ3) is 3.36. The number of amides is 1. The number of aromatic nitrogens is 1. The monoisotopic (exact) mass is 222 g/mol. The highest BCUT2D eigenvalue weighted by Crippen LogP contribution is 2.18. The maximum atomic E-state index is 11.5. The highest BCUT2D eigenvalue weighted by Gasteiger charge is 2.14. The fourth-order valence-corrected chi connectivity index (χ4v) is 1.000. The van der Waals surface area contributed by atoms with Crippen LogP contribution in [0.1, 0.15) is 6.92 Å². The van der Waals surface area contributed by atoms with Crippen LogP contribution in [-0.2, 0) is 9.53 Å². The van der Waals surface area contributed by atoms with Gasteiger partial charge in [-0.2, -0.15) is 0 Å². The number of aromatic hydroxyl groups is 1. The summed E-state index contributed by atoms with van der Waals surface area (Å²) in [4.78, 5) is 15.4. The van der Waals surface area contributed by atoms with Gasteiger partial charge in [-0.25, -0.2) is 4.98 Å². The molecule has 0 aliphatic carbocycles. The molecule has 5 heteroatoms. The van der Waals surface area contributed by atoms with Crippen LogP contribution in [0.15, 0.2) is 31.0 Å². The Bertz CT molecular complexity index is 379. The molecule has 5 nitrogen and oxygen atoms in total. The Morgan fingerprint density at radius 1 is 1.81 bits per heavy atom. The van der Waals surface area contributed by atoms with Gasteiger partial charge in [0, 0.05) is 6.20 Å². The molecule has 0 aromatic carbocycles. The lowest BCUT2D eigenvalue weighted by atomic mass is 10.3. The van der Waals surface area contributed by atoms with Gasteiger partial charge < -0.3 is 15.2 Å². The van der Waals surface area contributed by atoms with Crippen molar-refractivity contribution in [2.24, 2.45) is 0 Å². The maximum Gasteiger partial charge on any atom is 0.254 e. The molecule has 0 unspecified atom stereocenters. The van der Waals surface area contributed by atoms with Gasteiger partial charge in [-0.1, -0.05) is 6.08 Å². The van der Waals surface area contributed by atoms with Crippen LogP contribution in [0.25, 0.3) is 0 Å². The van der Waals surface area contributed by atoms with Gasteiger partial charge in [-0.3, -0.25) is 4.79 Å². The molecule has 0 saturated heterocycles. The SMILES string of the molecule is C=CCO[C@@H](C)C(=O)Nc1ncccc1O. The average Bonchev–Trinajstić information content (AvgIpc) is 2.28. The predicted octanol–water partition coefficient (Wildman–Crippen LogP) is 1.32. The number of anilines is 1. The smallest absolute Gasteiger partial charge is 0.254 e. The molecule has 1 rings (SSSR count). The minimum Gasteiger partial charge on any atom is -0.504 e. The second kappa shape index (κ2) is 5.87. The number of hydrogen-bond acceptors (Lipinski definition) is 4. The van der Waals surface area contributed by atoms with Crippen molar-refractivity contribution < 1.29 is 14.6 Å². The number of ether oxygens (including phenoxy) is 1. The van der Waals surface area contributed by atoms with E-state index >= 15 is 0 Å². The lowest BCUT2D eigenvalue weighted by Gasteiger charge is -2.11. The first-order chi connectivity index (χ1) is 7.65. The van der Waals surface area contributed by atoms with E-state index in [9.17, 15) is 9.90 Å². The largest absolute Gasteiger partial charge is 0.504 e. The van der Waals surface area contributed by atoms with E-state index in [4.69, 9.17) is 4.74 Å². The van der Waals surface area contributed by atoms with Gasteiger partial charge in [0.15, 0.2) is 11.6 Å². The number of hydrogen-bond donors (Lipinski definition) is 2. The van der Waals surface area contributed by atoms with Crippen LogP contribution in [0.2, 0.25) is 0 Å². The first-order valence-electron chi connectivity index (χ1n) is 4.82. The number of nitrogens with one attached hydrogen (secondary N) is 1. The Morgan fingerprint density at radius 3 is 3.19 bits per heavy atom. The van der Waals surface area contributed by atoms with Crippen molar-refractivity contribution in [3.63, 3.8) is 0 Å². The van der Waals surface area contributed by atoms with E-state index in [-0.39, 0.29) is 17.5 Å². The standard InChI is InChI=1S/C11H14N2O3/c1-3-7-16-8(2)11(15)13-10-9(14)5-4-6-12-10/h3-6,8,14H,1,7H2,2H3,(H,12,13,15)/t8-/m0/s1. The zero-order valence-corrected chi connectivity index (χ0v) is 9.01. The molecule has 1 atom stereocenters. The summed E-state index contributed by atoms with van der Waals surface area (Å²) in [5, 5.41) is 11.8. The predicted molar refractivity (Wildman–Crippen MR) is 60.1 cm³/mol. The Kier molecular flexibility index (Phi) is 4.47. The first-order valence-corrected chi connectivity index (χ1v) is 4.82. The lowest BCUT2D eigenvalue weighted by Crippen LogP contribution is -2.28. The summed E-state index contributed by atoms with van der Waals surface area (Å²) >= 11 is 0. The number of carbonyl (C=O) groups excluding carboxylic acids is 1. The molecule has 1 amide bonds. The molecular formula is C11H14N2O3. The van der Waals surface area contributed by atoms with Crippen LogP contribution in [0.5, 0.6) is 5.75 Å². The molecule has 0 saturated carbocycles. The summed E-state index contributed by atoms with van der Waals surface area (Å²) in [6.45, 7) is 5.39. The Morgan fingerprint density at radius 2 is 2.56 bits per heavy atom. The molecule has 0 bridgehead atoms. The quantitative estimate of drug-likeness (QED) is 0.737. The lowest BCUT2D eigenvalue weighted by molar-refractivity contribution is -0.125. The molecule has 0 aliphatic heterocycles. The third-order valence-electron chi connectivity index (χ3n) is 1.86. The summed E-state index contributed by atoms with van der Waals surface area (Å²) in [7, 11) is 0. The zero-order chi connectivity index (χ0) is 12.0. The normalized spacial score (nSPS) is 11.8. The van der Waals surface area contributed by atoms with E-state index in [0.717, 1.165) is 0 Å². The maximum absolute atomic E-state index is 11.5. The Hall–Kier alpha value is -1.88. The van der Waals surface area contributed by atoms with Gasteiger partial charge in [0.25, 0.3) is 5.91 Å². The van der Waals surface area contributed by atoms with Gasteiger partial charge in [0.1, 0.15) is 6.10 Å². The molecule has 2 N–H and O–H groups in total. The van der Waals surface area contributed by atoms with E-state index in [0.29, 0.717) is 6.61 Å². The van der Waals surface area contributed by atoms with Crippen LogP contribution in [0.3, 0.4) is 0 Å². The van der Waals surface area contributed by atoms with Crippen molar-refractivity contribution in [2.75, 3.05) is 11.9 Å². The van der Waals surface area contributed by atoms with Crippen molar-refractivity contribution >= 4 is 11.7 Å². The fourth-order valence-electron chi connectivity index (χ4n) is 1.000. The van der Waals surface area contributed by atoms with Gasteiger partial charge >= 0.3 is 0 Å². The molecule has 0 fully saturated rings. The summed E-state index contributed by atoms with van der Waals surface area (Å²) in [6.07, 6.45) is 2.41. The molecule has 1 heterocycles. The average molecular weight is 222 g/mol. The molecule has 0 radical (unpaired) electrons. The third-order valence-corrected chi connectivity index (χ3v) is 1.86. The van der Waals surface area contributed by atoms with Crippen molar-refractivity contribution in [1.29, 1.82) is 0 Å². The Labute approximate surface area is 93.8 Å². The van der Waals surface area contributed by atoms with E-state index in [1.54, 1.807) is 19.1 Å². The number of pyridine rings is 1. The van der Waals surface area contributed by atoms with Gasteiger partial charge in [0.2, 0.25) is 0 Å². The number of carbonyl (C=O) groups is 1. The van der Waals surface area contributed by atoms with E-state index in [1.807, 2.05) is 0 Å². The van der Waals surface area contributed by atoms with Crippen molar-refractivity contribution in [2.45, 2.75) is 13.0 Å². The zero-order valence-electron chi connectivity index (χ0n) is 9.01. The highest BCUT2D eigenvalue weighted by molar-refractivity contribution is 5.94. The number of rotatable bonds is 5. The van der Waals surface area contributed by atoms with Crippen LogP contribution in [0.4, 0.5) is 5.82 Å². The fraction of sp³-hybridized carbons (Fsp3) is 0.273. The van der Waals surface area contributed by atoms with Crippen LogP contribution in [0, 0.1) is 0 Å². The van der Waals surface area contributed by atoms with E-state index in [1.165, 1.54) is 12.3 Å². The molecule has 16 heavy (non-hydrogen) atoms. The Balaban J connectivity index is 2.57. The molecule has 0 spiro atoms. The molecule has 0 aliphatic rings. The number of nitrogens with zero attached hydrogens (tertiary/aromatic N) is 1. The van der Waals surface area contributed by atoms with Crippen LogP contribution < -0.4 is 5.32 Å². The van der Waals surface area contributed by atoms with Crippen molar-refractivity contribution in [1.82, 2.24) is 4.98 Å². The molecular weight excluding hydrogens is 208 g/mol. The summed E-state index contributed by atoms with van der Waals surface area (Å²) in [6, 6.07) is 3.01. The topological polar surface area (TPSA) is 71.5 Å². The summed E-state index contributed by atoms with van der Waals surface area (Å²) in [5.41, 5.74) is 0. The minimum absolute atomic E-state index is 0.0771. The summed E-state index contributed by atoms with van der Waals surface area (Å²) in [5.74, 6) is -0.316. The second-order valence-electron chi connectivity index (χ2n) is 3.12. The van der Waals surface area contributed by atoms with Gasteiger partial charge in [-0.15, -0.1) is 6.58 Å². The van der Waals surface area contributed by atoms with Gasteiger partial charge in [0.05, 0.1) is 6.61 Å². The molecule has 1 aromatic heterocycles. The van der Waals surface area contributed by atoms with Crippen molar-refractivity contribution in [3.8, 4) is 5.75 Å². The van der Waals surface area contributed by atoms with Crippen molar-refractivity contribution in [3.05, 3.63) is 31.0 Å². The molecule has 86 valence electrons. The van der Waals surface area contributed by atoms with E-state index in [2.05, 4.69) is 16.9 Å². The first kappa shape index (κ1) is 12.2. The molecule has 1 aromatic rings. The van der Waals surface area contributed by atoms with Gasteiger partial charge in [-0.05, 0) is 19.1 Å². The van der Waals surface area contributed by atoms with Crippen LogP contribution >= 0.6 is 0 Å². The van der Waals surface area contributed by atoms with Crippen LogP contribution in [-0.4, -0.2) is 28.7 Å². The second-order valence-corrected chi connectivity index (χ2v) is 3.12. The minimum atomic E-state index is -0.626.